The highest BCUT2D eigenvalue weighted by Crippen LogP contribution is 2.21. The van der Waals surface area contributed by atoms with E-state index in [1.165, 1.54) is 25.3 Å². The summed E-state index contributed by atoms with van der Waals surface area (Å²) in [5, 5.41) is 0. The third kappa shape index (κ3) is 3.13. The van der Waals surface area contributed by atoms with E-state index in [9.17, 15) is 13.2 Å². The normalized spacial score (nSPS) is 10.9. The molecule has 0 fully saturated rings. The van der Waals surface area contributed by atoms with E-state index >= 15 is 0 Å². The summed E-state index contributed by atoms with van der Waals surface area (Å²) < 4.78 is 28.7. The van der Waals surface area contributed by atoms with E-state index in [0.29, 0.717) is 0 Å². The number of hydrogen-bond donors (Lipinski definition) is 2. The van der Waals surface area contributed by atoms with Crippen LogP contribution < -0.4 is 10.5 Å². The van der Waals surface area contributed by atoms with Gasteiger partial charge in [0.15, 0.2) is 0 Å². The minimum absolute atomic E-state index is 0.160. The number of sulfonamides is 1. The molecule has 0 radical (unpaired) electrons. The molecule has 6 nitrogen and oxygen atoms in total. The molecule has 1 aromatic rings. The quantitative estimate of drug-likeness (QED) is 0.593. The lowest BCUT2D eigenvalue weighted by molar-refractivity contribution is 0.0601. The largest absolute Gasteiger partial charge is 0.465 e. The Morgan fingerprint density at radius 1 is 1.44 bits per heavy atom. The summed E-state index contributed by atoms with van der Waals surface area (Å²) in [7, 11) is -2.13. The third-order valence-corrected chi connectivity index (χ3v) is 2.36. The number of rotatable bonds is 3. The summed E-state index contributed by atoms with van der Waals surface area (Å²) in [4.78, 5) is 11.1. The van der Waals surface area contributed by atoms with Gasteiger partial charge in [0.25, 0.3) is 0 Å². The van der Waals surface area contributed by atoms with Crippen LogP contribution in [0.25, 0.3) is 0 Å². The minimum Gasteiger partial charge on any atom is -0.465 e. The zero-order valence-corrected chi connectivity index (χ0v) is 9.67. The molecule has 7 heteroatoms. The molecule has 0 saturated heterocycles. The van der Waals surface area contributed by atoms with Gasteiger partial charge in [0.2, 0.25) is 10.0 Å². The standard InChI is InChI=1S/C9H12N2O4S/c1-15-9(12)6-3-4-8(7(10)5-6)11-16(2,13)14/h3-5,11H,10H2,1-2H3. The minimum atomic E-state index is -3.38. The van der Waals surface area contributed by atoms with Gasteiger partial charge in [-0.3, -0.25) is 4.72 Å². The van der Waals surface area contributed by atoms with Crippen molar-refractivity contribution in [2.45, 2.75) is 0 Å². The summed E-state index contributed by atoms with van der Waals surface area (Å²) in [6.07, 6.45) is 1.01. The average molecular weight is 244 g/mol. The number of nitrogen functional groups attached to an aromatic ring is 1. The van der Waals surface area contributed by atoms with Crippen molar-refractivity contribution in [3.63, 3.8) is 0 Å². The fourth-order valence-corrected chi connectivity index (χ4v) is 1.69. The first-order chi connectivity index (χ1) is 7.33. The van der Waals surface area contributed by atoms with E-state index in [0.717, 1.165) is 6.26 Å². The molecule has 16 heavy (non-hydrogen) atoms. The van der Waals surface area contributed by atoms with Gasteiger partial charge in [-0.2, -0.15) is 0 Å². The fraction of sp³-hybridized carbons (Fsp3) is 0.222. The van der Waals surface area contributed by atoms with Gasteiger partial charge in [0.1, 0.15) is 0 Å². The second kappa shape index (κ2) is 4.40. The highest BCUT2D eigenvalue weighted by atomic mass is 32.2. The first-order valence-corrected chi connectivity index (χ1v) is 6.18. The summed E-state index contributed by atoms with van der Waals surface area (Å²) in [5.74, 6) is -0.530. The van der Waals surface area contributed by atoms with Crippen LogP contribution in [0.3, 0.4) is 0 Å². The number of hydrogen-bond acceptors (Lipinski definition) is 5. The third-order valence-electron chi connectivity index (χ3n) is 1.77. The van der Waals surface area contributed by atoms with E-state index < -0.39 is 16.0 Å². The maximum Gasteiger partial charge on any atom is 0.337 e. The Hall–Kier alpha value is -1.76. The average Bonchev–Trinajstić information content (AvgIpc) is 2.18. The number of ether oxygens (including phenoxy) is 1. The molecular weight excluding hydrogens is 232 g/mol. The zero-order chi connectivity index (χ0) is 12.3. The second-order valence-corrected chi connectivity index (χ2v) is 4.92. The van der Waals surface area contributed by atoms with Crippen LogP contribution >= 0.6 is 0 Å². The number of carbonyl (C=O) groups excluding carboxylic acids is 1. The van der Waals surface area contributed by atoms with Crippen molar-refractivity contribution >= 4 is 27.4 Å². The highest BCUT2D eigenvalue weighted by Gasteiger charge is 2.10. The van der Waals surface area contributed by atoms with E-state index in [2.05, 4.69) is 9.46 Å². The molecule has 1 aromatic carbocycles. The fourth-order valence-electron chi connectivity index (χ4n) is 1.10. The van der Waals surface area contributed by atoms with Gasteiger partial charge in [-0.15, -0.1) is 0 Å². The maximum absolute atomic E-state index is 11.1. The molecule has 0 saturated carbocycles. The number of nitrogens with two attached hydrogens (primary N) is 1. The summed E-state index contributed by atoms with van der Waals surface area (Å²) in [6, 6.07) is 4.18. The molecule has 0 bridgehead atoms. The Bertz CT molecular complexity index is 510. The van der Waals surface area contributed by atoms with Crippen molar-refractivity contribution < 1.29 is 17.9 Å². The van der Waals surface area contributed by atoms with Crippen molar-refractivity contribution in [3.8, 4) is 0 Å². The lowest BCUT2D eigenvalue weighted by Gasteiger charge is -2.08. The van der Waals surface area contributed by atoms with Crippen molar-refractivity contribution in [1.29, 1.82) is 0 Å². The number of esters is 1. The van der Waals surface area contributed by atoms with E-state index in [-0.39, 0.29) is 16.9 Å². The number of methoxy groups -OCH3 is 1. The van der Waals surface area contributed by atoms with Crippen LogP contribution in [-0.2, 0) is 14.8 Å². The van der Waals surface area contributed by atoms with Gasteiger partial charge >= 0.3 is 5.97 Å². The predicted octanol–water partition coefficient (Wildman–Crippen LogP) is 0.427. The molecule has 0 aliphatic rings. The van der Waals surface area contributed by atoms with Crippen LogP contribution in [0.15, 0.2) is 18.2 Å². The molecule has 0 aromatic heterocycles. The zero-order valence-electron chi connectivity index (χ0n) is 8.85. The molecule has 0 amide bonds. The molecule has 0 unspecified atom stereocenters. The SMILES string of the molecule is COC(=O)c1ccc(NS(C)(=O)=O)c(N)c1. The van der Waals surface area contributed by atoms with Crippen molar-refractivity contribution in [1.82, 2.24) is 0 Å². The molecule has 0 aliphatic heterocycles. The van der Waals surface area contributed by atoms with Crippen molar-refractivity contribution in [3.05, 3.63) is 23.8 Å². The Morgan fingerprint density at radius 3 is 2.50 bits per heavy atom. The van der Waals surface area contributed by atoms with E-state index in [1.54, 1.807) is 0 Å². The first kappa shape index (κ1) is 12.3. The molecular formula is C9H12N2O4S. The molecule has 0 heterocycles. The molecule has 0 spiro atoms. The Labute approximate surface area is 93.5 Å². The number of anilines is 2. The van der Waals surface area contributed by atoms with Crippen LogP contribution in [0, 0.1) is 0 Å². The summed E-state index contributed by atoms with van der Waals surface area (Å²) in [6.45, 7) is 0. The highest BCUT2D eigenvalue weighted by molar-refractivity contribution is 7.92. The van der Waals surface area contributed by atoms with Gasteiger partial charge in [0, 0.05) is 0 Å². The van der Waals surface area contributed by atoms with Gasteiger partial charge in [0.05, 0.1) is 30.3 Å². The Balaban J connectivity index is 3.05. The van der Waals surface area contributed by atoms with Crippen LogP contribution in [0.4, 0.5) is 11.4 Å². The molecule has 88 valence electrons. The van der Waals surface area contributed by atoms with Crippen molar-refractivity contribution in [2.24, 2.45) is 0 Å². The van der Waals surface area contributed by atoms with E-state index in [1.807, 2.05) is 0 Å². The predicted molar refractivity (Wildman–Crippen MR) is 60.7 cm³/mol. The maximum atomic E-state index is 11.1. The molecule has 0 aliphatic carbocycles. The second-order valence-electron chi connectivity index (χ2n) is 3.17. The Kier molecular flexibility index (Phi) is 3.38. The molecule has 1 rings (SSSR count). The van der Waals surface area contributed by atoms with Gasteiger partial charge in [-0.25, -0.2) is 13.2 Å². The number of nitrogens with one attached hydrogen (secondary N) is 1. The smallest absolute Gasteiger partial charge is 0.337 e. The van der Waals surface area contributed by atoms with Gasteiger partial charge in [-0.05, 0) is 18.2 Å². The van der Waals surface area contributed by atoms with Crippen LogP contribution in [0.5, 0.6) is 0 Å². The Morgan fingerprint density at radius 2 is 2.06 bits per heavy atom. The first-order valence-electron chi connectivity index (χ1n) is 4.29. The monoisotopic (exact) mass is 244 g/mol. The number of benzene rings is 1. The van der Waals surface area contributed by atoms with Gasteiger partial charge < -0.3 is 10.5 Å². The molecule has 0 atom stereocenters. The van der Waals surface area contributed by atoms with E-state index in [4.69, 9.17) is 5.73 Å². The van der Waals surface area contributed by atoms with Gasteiger partial charge in [-0.1, -0.05) is 0 Å². The molecule has 3 N–H and O–H groups in total. The topological polar surface area (TPSA) is 98.5 Å². The van der Waals surface area contributed by atoms with Crippen LogP contribution in [-0.4, -0.2) is 27.8 Å². The van der Waals surface area contributed by atoms with Crippen LogP contribution in [0.1, 0.15) is 10.4 Å². The summed E-state index contributed by atoms with van der Waals surface area (Å²) in [5.41, 5.74) is 6.24. The number of carbonyl (C=O) groups is 1. The lowest BCUT2D eigenvalue weighted by Crippen LogP contribution is -2.12. The van der Waals surface area contributed by atoms with Crippen molar-refractivity contribution in [2.75, 3.05) is 23.8 Å². The lowest BCUT2D eigenvalue weighted by atomic mass is 10.2. The summed E-state index contributed by atoms with van der Waals surface area (Å²) >= 11 is 0. The van der Waals surface area contributed by atoms with Crippen LogP contribution in [0.2, 0.25) is 0 Å².